The lowest BCUT2D eigenvalue weighted by Crippen LogP contribution is -2.41. The maximum Gasteiger partial charge on any atom is 0.441 e. The molecule has 136 valence electrons. The Morgan fingerprint density at radius 1 is 1.48 bits per heavy atom. The maximum atomic E-state index is 12.2. The largest absolute Gasteiger partial charge is 0.441 e. The smallest absolute Gasteiger partial charge is 0.337 e. The minimum atomic E-state index is -4.32. The number of aromatic nitrogens is 3. The standard InChI is InChI=1S/C14H15ClF3N5OS/c1-2-22(13(24)20-6-7-25-14(16,17)18)11-9-23(21-12(11)15)10-4-3-5-19-8-10/h3-5,8-9H,2,6-7H2,1H3,(H,20,24). The highest BCUT2D eigenvalue weighted by atomic mass is 35.5. The van der Waals surface area contributed by atoms with E-state index in [9.17, 15) is 18.0 Å². The van der Waals surface area contributed by atoms with E-state index in [0.717, 1.165) is 0 Å². The van der Waals surface area contributed by atoms with Gasteiger partial charge in [0, 0.05) is 25.0 Å². The molecular weight excluding hydrogens is 379 g/mol. The lowest BCUT2D eigenvalue weighted by molar-refractivity contribution is -0.0327. The van der Waals surface area contributed by atoms with Gasteiger partial charge < -0.3 is 5.32 Å². The summed E-state index contributed by atoms with van der Waals surface area (Å²) < 4.78 is 37.8. The monoisotopic (exact) mass is 393 g/mol. The second kappa shape index (κ2) is 8.43. The average Bonchev–Trinajstić information content (AvgIpc) is 2.94. The number of nitrogens with one attached hydrogen (secondary N) is 1. The summed E-state index contributed by atoms with van der Waals surface area (Å²) in [5, 5.41) is 6.67. The van der Waals surface area contributed by atoms with Crippen LogP contribution in [0.25, 0.3) is 5.69 Å². The van der Waals surface area contributed by atoms with Gasteiger partial charge >= 0.3 is 11.5 Å². The molecule has 0 radical (unpaired) electrons. The summed E-state index contributed by atoms with van der Waals surface area (Å²) in [5.41, 5.74) is -3.30. The van der Waals surface area contributed by atoms with E-state index in [1.807, 2.05) is 0 Å². The van der Waals surface area contributed by atoms with Crippen molar-refractivity contribution >= 4 is 35.1 Å². The molecule has 25 heavy (non-hydrogen) atoms. The summed E-state index contributed by atoms with van der Waals surface area (Å²) in [6.45, 7) is 1.88. The third kappa shape index (κ3) is 5.53. The van der Waals surface area contributed by atoms with Crippen molar-refractivity contribution in [1.29, 1.82) is 0 Å². The van der Waals surface area contributed by atoms with Crippen LogP contribution >= 0.6 is 23.4 Å². The number of hydrogen-bond acceptors (Lipinski definition) is 4. The Morgan fingerprint density at radius 3 is 2.84 bits per heavy atom. The Labute approximate surface area is 151 Å². The molecular formula is C14H15ClF3N5OS. The van der Waals surface area contributed by atoms with Crippen LogP contribution in [0.3, 0.4) is 0 Å². The van der Waals surface area contributed by atoms with E-state index >= 15 is 0 Å². The summed E-state index contributed by atoms with van der Waals surface area (Å²) in [5.74, 6) is -0.268. The van der Waals surface area contributed by atoms with Gasteiger partial charge in [0.15, 0.2) is 5.15 Å². The zero-order valence-corrected chi connectivity index (χ0v) is 14.7. The third-order valence-electron chi connectivity index (χ3n) is 3.06. The van der Waals surface area contributed by atoms with Crippen molar-refractivity contribution in [2.45, 2.75) is 12.4 Å². The molecule has 0 spiro atoms. The third-order valence-corrected chi connectivity index (χ3v) is 4.06. The molecule has 0 unspecified atom stereocenters. The number of pyridine rings is 1. The normalized spacial score (nSPS) is 11.4. The van der Waals surface area contributed by atoms with Crippen LogP contribution in [-0.4, -0.2) is 45.1 Å². The summed E-state index contributed by atoms with van der Waals surface area (Å²) in [6.07, 6.45) is 4.75. The van der Waals surface area contributed by atoms with Gasteiger partial charge in [-0.25, -0.2) is 9.48 Å². The van der Waals surface area contributed by atoms with E-state index in [1.165, 1.54) is 9.58 Å². The summed E-state index contributed by atoms with van der Waals surface area (Å²) in [7, 11) is 0. The molecule has 0 aliphatic carbocycles. The number of alkyl halides is 3. The molecule has 0 aromatic carbocycles. The predicted molar refractivity (Wildman–Crippen MR) is 91.3 cm³/mol. The van der Waals surface area contributed by atoms with E-state index in [4.69, 9.17) is 11.6 Å². The average molecular weight is 394 g/mol. The molecule has 1 N–H and O–H groups in total. The Morgan fingerprint density at radius 2 is 2.24 bits per heavy atom. The van der Waals surface area contributed by atoms with E-state index in [1.54, 1.807) is 37.6 Å². The van der Waals surface area contributed by atoms with Gasteiger partial charge in [-0.15, -0.1) is 0 Å². The van der Waals surface area contributed by atoms with Crippen molar-refractivity contribution in [1.82, 2.24) is 20.1 Å². The number of carbonyl (C=O) groups is 1. The number of carbonyl (C=O) groups excluding carboxylic acids is 1. The van der Waals surface area contributed by atoms with Crippen molar-refractivity contribution in [2.24, 2.45) is 0 Å². The van der Waals surface area contributed by atoms with Gasteiger partial charge in [-0.2, -0.15) is 18.3 Å². The maximum absolute atomic E-state index is 12.2. The molecule has 2 heterocycles. The molecule has 2 rings (SSSR count). The molecule has 2 aromatic rings. The van der Waals surface area contributed by atoms with E-state index in [2.05, 4.69) is 15.4 Å². The topological polar surface area (TPSA) is 63.1 Å². The molecule has 0 saturated carbocycles. The molecule has 0 aliphatic heterocycles. The number of rotatable bonds is 6. The van der Waals surface area contributed by atoms with Crippen LogP contribution < -0.4 is 10.2 Å². The zero-order valence-electron chi connectivity index (χ0n) is 13.1. The number of hydrogen-bond donors (Lipinski definition) is 1. The highest BCUT2D eigenvalue weighted by molar-refractivity contribution is 8.00. The summed E-state index contributed by atoms with van der Waals surface area (Å²) in [4.78, 5) is 17.5. The molecule has 2 amide bonds. The van der Waals surface area contributed by atoms with E-state index in [0.29, 0.717) is 11.4 Å². The number of urea groups is 1. The first kappa shape index (κ1) is 19.4. The van der Waals surface area contributed by atoms with Gasteiger partial charge in [-0.1, -0.05) is 11.6 Å². The summed E-state index contributed by atoms with van der Waals surface area (Å²) >= 11 is 5.92. The quantitative estimate of drug-likeness (QED) is 0.760. The number of thioether (sulfide) groups is 1. The first-order chi connectivity index (χ1) is 11.8. The van der Waals surface area contributed by atoms with Crippen LogP contribution in [0.5, 0.6) is 0 Å². The van der Waals surface area contributed by atoms with Crippen molar-refractivity contribution in [3.63, 3.8) is 0 Å². The molecule has 0 bridgehead atoms. The second-order valence-corrected chi connectivity index (χ2v) is 6.25. The Bertz CT molecular complexity index is 710. The van der Waals surface area contributed by atoms with Gasteiger partial charge in [-0.05, 0) is 30.8 Å². The Kier molecular flexibility index (Phi) is 6.54. The SMILES string of the molecule is CCN(C(=O)NCCSC(F)(F)F)c1cn(-c2cccnc2)nc1Cl. The first-order valence-corrected chi connectivity index (χ1v) is 8.60. The molecule has 0 atom stereocenters. The minimum absolute atomic E-state index is 0.102. The minimum Gasteiger partial charge on any atom is -0.337 e. The molecule has 0 aliphatic rings. The van der Waals surface area contributed by atoms with Crippen molar-refractivity contribution < 1.29 is 18.0 Å². The van der Waals surface area contributed by atoms with E-state index in [-0.39, 0.29) is 35.8 Å². The van der Waals surface area contributed by atoms with Crippen molar-refractivity contribution in [3.05, 3.63) is 35.9 Å². The molecule has 0 fully saturated rings. The Hall–Kier alpha value is -1.94. The van der Waals surface area contributed by atoms with Crippen molar-refractivity contribution in [2.75, 3.05) is 23.7 Å². The highest BCUT2D eigenvalue weighted by Gasteiger charge is 2.27. The Balaban J connectivity index is 2.05. The second-order valence-electron chi connectivity index (χ2n) is 4.73. The highest BCUT2D eigenvalue weighted by Crippen LogP contribution is 2.29. The number of amides is 2. The van der Waals surface area contributed by atoms with Crippen LogP contribution in [0, 0.1) is 0 Å². The molecule has 6 nitrogen and oxygen atoms in total. The van der Waals surface area contributed by atoms with Gasteiger partial charge in [-0.3, -0.25) is 9.88 Å². The van der Waals surface area contributed by atoms with Crippen LogP contribution in [-0.2, 0) is 0 Å². The van der Waals surface area contributed by atoms with Crippen LogP contribution in [0.15, 0.2) is 30.7 Å². The van der Waals surface area contributed by atoms with Gasteiger partial charge in [0.1, 0.15) is 5.69 Å². The fourth-order valence-electron chi connectivity index (χ4n) is 1.99. The summed E-state index contributed by atoms with van der Waals surface area (Å²) in [6, 6.07) is 2.95. The first-order valence-electron chi connectivity index (χ1n) is 7.23. The van der Waals surface area contributed by atoms with E-state index < -0.39 is 11.5 Å². The van der Waals surface area contributed by atoms with Gasteiger partial charge in [0.25, 0.3) is 0 Å². The molecule has 2 aromatic heterocycles. The van der Waals surface area contributed by atoms with Crippen LogP contribution in [0.4, 0.5) is 23.7 Å². The lowest BCUT2D eigenvalue weighted by Gasteiger charge is -2.20. The number of nitrogens with zero attached hydrogens (tertiary/aromatic N) is 4. The fourth-order valence-corrected chi connectivity index (χ4v) is 2.66. The van der Waals surface area contributed by atoms with Gasteiger partial charge in [0.05, 0.1) is 18.1 Å². The predicted octanol–water partition coefficient (Wildman–Crippen LogP) is 3.71. The number of anilines is 1. The molecule has 11 heteroatoms. The lowest BCUT2D eigenvalue weighted by atomic mass is 10.4. The van der Waals surface area contributed by atoms with Crippen molar-refractivity contribution in [3.8, 4) is 5.69 Å². The molecule has 0 saturated heterocycles. The van der Waals surface area contributed by atoms with Gasteiger partial charge in [0.2, 0.25) is 0 Å². The van der Waals surface area contributed by atoms with Crippen LogP contribution in [0.1, 0.15) is 6.92 Å². The zero-order chi connectivity index (χ0) is 18.4. The van der Waals surface area contributed by atoms with Crippen LogP contribution in [0.2, 0.25) is 5.15 Å². The fraction of sp³-hybridized carbons (Fsp3) is 0.357. The number of halogens is 4.